The zero-order valence-corrected chi connectivity index (χ0v) is 7.70. The number of unbranched alkanes of at least 4 members (excludes halogenated alkanes) is 1. The lowest BCUT2D eigenvalue weighted by Gasteiger charge is -1.85. The summed E-state index contributed by atoms with van der Waals surface area (Å²) in [5.41, 5.74) is 0. The van der Waals surface area contributed by atoms with Gasteiger partial charge in [-0.2, -0.15) is 0 Å². The number of ether oxygens (including phenoxy) is 1. The Morgan fingerprint density at radius 1 is 1.38 bits per heavy atom. The van der Waals surface area contributed by atoms with Crippen LogP contribution in [-0.4, -0.2) is 30.6 Å². The Hall–Kier alpha value is -0.900. The quantitative estimate of drug-likeness (QED) is 0.532. The lowest BCUT2D eigenvalue weighted by molar-refractivity contribution is -0.137. The van der Waals surface area contributed by atoms with E-state index in [2.05, 4.69) is 0 Å². The zero-order chi connectivity index (χ0) is 9.94. The summed E-state index contributed by atoms with van der Waals surface area (Å²) >= 11 is 0. The van der Waals surface area contributed by atoms with Crippen LogP contribution in [0.1, 0.15) is 32.1 Å². The third-order valence-corrected chi connectivity index (χ3v) is 1.54. The second-order valence-corrected chi connectivity index (χ2v) is 2.77. The normalized spacial score (nSPS) is 14.5. The van der Waals surface area contributed by atoms with Crippen molar-refractivity contribution in [2.45, 2.75) is 32.1 Å². The van der Waals surface area contributed by atoms with Gasteiger partial charge in [0.2, 0.25) is 0 Å². The van der Waals surface area contributed by atoms with E-state index in [1.54, 1.807) is 0 Å². The first-order chi connectivity index (χ1) is 6.27. The van der Waals surface area contributed by atoms with Crippen LogP contribution in [0, 0.1) is 0 Å². The second-order valence-electron chi connectivity index (χ2n) is 2.77. The summed E-state index contributed by atoms with van der Waals surface area (Å²) in [4.78, 5) is 19.4. The van der Waals surface area contributed by atoms with Crippen LogP contribution in [0.15, 0.2) is 0 Å². The Bertz CT molecular complexity index is 133. The molecule has 13 heavy (non-hydrogen) atoms. The molecular formula is C9H16O4. The van der Waals surface area contributed by atoms with E-state index in [9.17, 15) is 9.59 Å². The minimum atomic E-state index is -0.841. The van der Waals surface area contributed by atoms with Crippen LogP contribution in [0.4, 0.5) is 0 Å². The van der Waals surface area contributed by atoms with E-state index in [0.29, 0.717) is 12.8 Å². The van der Waals surface area contributed by atoms with E-state index in [-0.39, 0.29) is 6.42 Å². The highest BCUT2D eigenvalue weighted by atomic mass is 16.5. The number of hydrogen-bond donors (Lipinski definition) is 1. The fourth-order valence-electron chi connectivity index (χ4n) is 0.847. The van der Waals surface area contributed by atoms with Gasteiger partial charge < -0.3 is 14.6 Å². The number of aldehydes is 1. The van der Waals surface area contributed by atoms with Crippen molar-refractivity contribution in [2.75, 3.05) is 13.2 Å². The third-order valence-electron chi connectivity index (χ3n) is 1.54. The molecule has 4 heteroatoms. The van der Waals surface area contributed by atoms with Gasteiger partial charge in [-0.3, -0.25) is 4.79 Å². The van der Waals surface area contributed by atoms with Crippen LogP contribution in [0.2, 0.25) is 0 Å². The summed E-state index contributed by atoms with van der Waals surface area (Å²) < 4.78 is 4.94. The van der Waals surface area contributed by atoms with Gasteiger partial charge in [0.25, 0.3) is 0 Å². The van der Waals surface area contributed by atoms with Crippen LogP contribution >= 0.6 is 0 Å². The van der Waals surface area contributed by atoms with Gasteiger partial charge in [0.15, 0.2) is 0 Å². The number of carbonyl (C=O) groups excluding carboxylic acids is 1. The van der Waals surface area contributed by atoms with Gasteiger partial charge in [0.05, 0.1) is 0 Å². The minimum absolute atomic E-state index is 0.0960. The van der Waals surface area contributed by atoms with Gasteiger partial charge in [-0.05, 0) is 19.3 Å². The third kappa shape index (κ3) is 11.1. The molecule has 0 radical (unpaired) electrons. The summed E-state index contributed by atoms with van der Waals surface area (Å²) in [6, 6.07) is 0. The van der Waals surface area contributed by atoms with Crippen molar-refractivity contribution in [3.63, 3.8) is 0 Å². The summed E-state index contributed by atoms with van der Waals surface area (Å²) in [5.74, 6) is -0.841. The van der Waals surface area contributed by atoms with Crippen molar-refractivity contribution in [1.82, 2.24) is 0 Å². The predicted molar refractivity (Wildman–Crippen MR) is 47.6 cm³/mol. The zero-order valence-electron chi connectivity index (χ0n) is 7.70. The lowest BCUT2D eigenvalue weighted by Crippen LogP contribution is -1.93. The van der Waals surface area contributed by atoms with Gasteiger partial charge in [0, 0.05) is 26.1 Å². The van der Waals surface area contributed by atoms with Crippen LogP contribution in [0.3, 0.4) is 0 Å². The molecule has 0 atom stereocenters. The number of carbonyl (C=O) groups is 2. The summed E-state index contributed by atoms with van der Waals surface area (Å²) in [6.45, 7) is 2.00. The minimum Gasteiger partial charge on any atom is -0.481 e. The highest BCUT2D eigenvalue weighted by Gasteiger charge is 1.94. The number of carboxylic acid groups (broad SMARTS) is 1. The first-order valence-electron chi connectivity index (χ1n) is 4.50. The van der Waals surface area contributed by atoms with Crippen molar-refractivity contribution in [2.24, 2.45) is 0 Å². The highest BCUT2D eigenvalue weighted by molar-refractivity contribution is 5.67. The monoisotopic (exact) mass is 188 g/mol. The largest absolute Gasteiger partial charge is 0.481 e. The van der Waals surface area contributed by atoms with E-state index in [0.717, 1.165) is 19.5 Å². The summed E-state index contributed by atoms with van der Waals surface area (Å²) in [5, 5.41) is 8.02. The van der Waals surface area contributed by atoms with Gasteiger partial charge in [-0.15, -0.1) is 0 Å². The number of carboxylic acids is 1. The Kier molecular flexibility index (Phi) is 8.55. The molecule has 1 rings (SSSR count). The van der Waals surface area contributed by atoms with Crippen LogP contribution < -0.4 is 0 Å². The number of aliphatic carboxylic acids is 1. The lowest BCUT2D eigenvalue weighted by atomic mass is 10.2. The molecule has 76 valence electrons. The maximum Gasteiger partial charge on any atom is 0.303 e. The van der Waals surface area contributed by atoms with Gasteiger partial charge in [-0.25, -0.2) is 0 Å². The molecule has 0 aliphatic carbocycles. The molecule has 4 nitrogen and oxygen atoms in total. The molecular weight excluding hydrogens is 172 g/mol. The molecule has 1 aliphatic heterocycles. The van der Waals surface area contributed by atoms with Gasteiger partial charge in [0.1, 0.15) is 6.29 Å². The van der Waals surface area contributed by atoms with Crippen molar-refractivity contribution >= 4 is 12.3 Å². The first-order valence-corrected chi connectivity index (χ1v) is 4.50. The average Bonchev–Trinajstić information content (AvgIpc) is 2.61. The maximum atomic E-state index is 9.76. The molecule has 1 aliphatic rings. The summed E-state index contributed by atoms with van der Waals surface area (Å²) in [7, 11) is 0. The molecule has 0 aromatic heterocycles. The molecule has 0 saturated carbocycles. The average molecular weight is 188 g/mol. The molecule has 0 amide bonds. The topological polar surface area (TPSA) is 63.6 Å². The van der Waals surface area contributed by atoms with E-state index in [1.165, 1.54) is 12.8 Å². The van der Waals surface area contributed by atoms with Crippen molar-refractivity contribution < 1.29 is 19.4 Å². The molecule has 0 bridgehead atoms. The maximum absolute atomic E-state index is 9.76. The molecule has 0 unspecified atom stereocenters. The molecule has 0 aromatic rings. The first kappa shape index (κ1) is 12.1. The van der Waals surface area contributed by atoms with E-state index in [1.807, 2.05) is 0 Å². The van der Waals surface area contributed by atoms with Crippen molar-refractivity contribution in [1.29, 1.82) is 0 Å². The second kappa shape index (κ2) is 9.19. The number of rotatable bonds is 4. The smallest absolute Gasteiger partial charge is 0.303 e. The van der Waals surface area contributed by atoms with Crippen LogP contribution in [0.5, 0.6) is 0 Å². The molecule has 1 fully saturated rings. The highest BCUT2D eigenvalue weighted by Crippen LogP contribution is 1.98. The van der Waals surface area contributed by atoms with E-state index in [4.69, 9.17) is 9.84 Å². The van der Waals surface area contributed by atoms with Gasteiger partial charge in [-0.1, -0.05) is 0 Å². The Morgan fingerprint density at radius 3 is 2.31 bits per heavy atom. The van der Waals surface area contributed by atoms with Crippen LogP contribution in [-0.2, 0) is 14.3 Å². The molecule has 1 N–H and O–H groups in total. The van der Waals surface area contributed by atoms with Crippen molar-refractivity contribution in [3.05, 3.63) is 0 Å². The van der Waals surface area contributed by atoms with Gasteiger partial charge >= 0.3 is 5.97 Å². The van der Waals surface area contributed by atoms with Crippen LogP contribution in [0.25, 0.3) is 0 Å². The fourth-order valence-corrected chi connectivity index (χ4v) is 0.847. The Morgan fingerprint density at radius 2 is 2.00 bits per heavy atom. The fraction of sp³-hybridized carbons (Fsp3) is 0.778. The van der Waals surface area contributed by atoms with E-state index >= 15 is 0 Å². The molecule has 0 spiro atoms. The predicted octanol–water partition coefficient (Wildman–Crippen LogP) is 1.24. The Labute approximate surface area is 77.9 Å². The number of hydrogen-bond acceptors (Lipinski definition) is 3. The summed E-state index contributed by atoms with van der Waals surface area (Å²) in [6.07, 6.45) is 4.19. The SMILES string of the molecule is C1CCOC1.O=CCCCC(=O)O. The molecule has 1 saturated heterocycles. The standard InChI is InChI=1S/C5H8O3.C4H8O/c6-4-2-1-3-5(7)8;1-2-4-5-3-1/h4H,1-3H2,(H,7,8);1-4H2. The Balaban J connectivity index is 0.000000243. The molecule has 0 aromatic carbocycles. The van der Waals surface area contributed by atoms with Crippen molar-refractivity contribution in [3.8, 4) is 0 Å². The molecule has 1 heterocycles. The van der Waals surface area contributed by atoms with E-state index < -0.39 is 5.97 Å².